The van der Waals surface area contributed by atoms with Gasteiger partial charge >= 0.3 is 0 Å². The molecular formula is C20H15ClFN3O2S2. The maximum absolute atomic E-state index is 13.3. The minimum atomic E-state index is -0.387. The number of carbonyl (C=O) groups excluding carboxylic acids is 1. The minimum Gasteiger partial charge on any atom is -0.325 e. The zero-order chi connectivity index (χ0) is 20.4. The Hall–Kier alpha value is -2.29. The van der Waals surface area contributed by atoms with Crippen molar-refractivity contribution in [2.45, 2.75) is 16.5 Å². The number of benzene rings is 2. The number of amides is 1. The number of nitrogens with one attached hydrogen (secondary N) is 1. The number of aryl methyl sites for hydroxylation is 1. The highest BCUT2D eigenvalue weighted by Gasteiger charge is 2.23. The molecule has 1 aliphatic heterocycles. The third-order valence-corrected chi connectivity index (χ3v) is 6.51. The molecule has 2 aromatic carbocycles. The maximum Gasteiger partial charge on any atom is 0.272 e. The molecular weight excluding hydrogens is 433 g/mol. The Kier molecular flexibility index (Phi) is 5.94. The van der Waals surface area contributed by atoms with Crippen molar-refractivity contribution in [3.8, 4) is 5.69 Å². The molecule has 0 atom stereocenters. The van der Waals surface area contributed by atoms with E-state index in [1.165, 1.54) is 52.4 Å². The predicted octanol–water partition coefficient (Wildman–Crippen LogP) is 4.40. The lowest BCUT2D eigenvalue weighted by atomic mass is 10.3. The van der Waals surface area contributed by atoms with Crippen LogP contribution >= 0.6 is 35.1 Å². The van der Waals surface area contributed by atoms with Crippen molar-refractivity contribution >= 4 is 46.7 Å². The highest BCUT2D eigenvalue weighted by Crippen LogP contribution is 2.30. The monoisotopic (exact) mass is 447 g/mol. The molecule has 148 valence electrons. The van der Waals surface area contributed by atoms with E-state index in [1.807, 2.05) is 0 Å². The lowest BCUT2D eigenvalue weighted by Gasteiger charge is -2.13. The molecule has 1 N–H and O–H groups in total. The second-order valence-electron chi connectivity index (χ2n) is 6.23. The Bertz CT molecular complexity index is 1120. The molecule has 0 bridgehead atoms. The van der Waals surface area contributed by atoms with E-state index in [0.717, 1.165) is 11.4 Å². The lowest BCUT2D eigenvalue weighted by Crippen LogP contribution is -2.24. The summed E-state index contributed by atoms with van der Waals surface area (Å²) in [6.45, 7) is 0. The van der Waals surface area contributed by atoms with Gasteiger partial charge in [-0.3, -0.25) is 14.2 Å². The molecule has 5 nitrogen and oxygen atoms in total. The van der Waals surface area contributed by atoms with E-state index in [1.54, 1.807) is 24.3 Å². The number of carbonyl (C=O) groups is 1. The Morgan fingerprint density at radius 2 is 1.93 bits per heavy atom. The van der Waals surface area contributed by atoms with Crippen molar-refractivity contribution in [2.24, 2.45) is 0 Å². The quantitative estimate of drug-likeness (QED) is 0.464. The molecule has 1 aromatic heterocycles. The summed E-state index contributed by atoms with van der Waals surface area (Å²) in [5, 5.41) is 3.78. The van der Waals surface area contributed by atoms with Gasteiger partial charge in [-0.2, -0.15) is 0 Å². The number of nitrogens with zero attached hydrogens (tertiary/aromatic N) is 2. The molecule has 29 heavy (non-hydrogen) atoms. The van der Waals surface area contributed by atoms with Gasteiger partial charge in [-0.15, -0.1) is 11.8 Å². The van der Waals surface area contributed by atoms with Gasteiger partial charge in [-0.25, -0.2) is 9.37 Å². The summed E-state index contributed by atoms with van der Waals surface area (Å²) >= 11 is 8.49. The van der Waals surface area contributed by atoms with Crippen LogP contribution in [0.3, 0.4) is 0 Å². The van der Waals surface area contributed by atoms with Gasteiger partial charge in [-0.05, 0) is 48.5 Å². The number of thioether (sulfide) groups is 2. The average molecular weight is 448 g/mol. The fourth-order valence-corrected chi connectivity index (χ4v) is 4.85. The Morgan fingerprint density at radius 1 is 1.21 bits per heavy atom. The number of hydrogen-bond donors (Lipinski definition) is 1. The van der Waals surface area contributed by atoms with Crippen LogP contribution in [0.25, 0.3) is 5.69 Å². The molecule has 2 heterocycles. The first kappa shape index (κ1) is 20.0. The van der Waals surface area contributed by atoms with E-state index < -0.39 is 0 Å². The average Bonchev–Trinajstić information content (AvgIpc) is 3.18. The van der Waals surface area contributed by atoms with Crippen LogP contribution in [0.5, 0.6) is 0 Å². The Balaban J connectivity index is 1.60. The SMILES string of the molecule is O=C(CSc1nc2c(c(=O)n1-c1ccc(F)cc1)SCC2)Nc1ccc(Cl)cc1. The van der Waals surface area contributed by atoms with Crippen LogP contribution in [-0.2, 0) is 11.2 Å². The summed E-state index contributed by atoms with van der Waals surface area (Å²) < 4.78 is 14.8. The predicted molar refractivity (Wildman–Crippen MR) is 115 cm³/mol. The number of aromatic nitrogens is 2. The van der Waals surface area contributed by atoms with E-state index in [9.17, 15) is 14.0 Å². The van der Waals surface area contributed by atoms with Crippen molar-refractivity contribution in [2.75, 3.05) is 16.8 Å². The molecule has 0 saturated carbocycles. The van der Waals surface area contributed by atoms with Gasteiger partial charge in [0.2, 0.25) is 5.91 Å². The summed E-state index contributed by atoms with van der Waals surface area (Å²) in [4.78, 5) is 30.6. The number of anilines is 1. The van der Waals surface area contributed by atoms with Gasteiger partial charge in [-0.1, -0.05) is 23.4 Å². The van der Waals surface area contributed by atoms with E-state index in [2.05, 4.69) is 10.3 Å². The smallest absolute Gasteiger partial charge is 0.272 e. The molecule has 1 amide bonds. The molecule has 0 unspecified atom stereocenters. The van der Waals surface area contributed by atoms with Crippen LogP contribution in [0.4, 0.5) is 10.1 Å². The van der Waals surface area contributed by atoms with Crippen LogP contribution in [0.15, 0.2) is 63.4 Å². The number of halogens is 2. The van der Waals surface area contributed by atoms with Crippen molar-refractivity contribution in [3.63, 3.8) is 0 Å². The van der Waals surface area contributed by atoms with Crippen molar-refractivity contribution in [3.05, 3.63) is 75.4 Å². The fourth-order valence-electron chi connectivity index (χ4n) is 2.87. The van der Waals surface area contributed by atoms with E-state index in [0.29, 0.717) is 32.9 Å². The molecule has 0 radical (unpaired) electrons. The Labute approximate surface area is 179 Å². The van der Waals surface area contributed by atoms with Crippen molar-refractivity contribution in [1.29, 1.82) is 0 Å². The molecule has 0 aliphatic carbocycles. The van der Waals surface area contributed by atoms with Crippen LogP contribution in [0.1, 0.15) is 5.69 Å². The van der Waals surface area contributed by atoms with Gasteiger partial charge in [0, 0.05) is 22.9 Å². The molecule has 9 heteroatoms. The molecule has 0 fully saturated rings. The summed E-state index contributed by atoms with van der Waals surface area (Å²) in [7, 11) is 0. The number of rotatable bonds is 5. The third-order valence-electron chi connectivity index (χ3n) is 4.21. The first-order valence-corrected chi connectivity index (χ1v) is 11.1. The van der Waals surface area contributed by atoms with E-state index in [4.69, 9.17) is 11.6 Å². The standard InChI is InChI=1S/C20H15ClFN3O2S2/c21-12-1-5-14(6-2-12)23-17(26)11-29-20-24-16-9-10-28-18(16)19(27)25(20)15-7-3-13(22)4-8-15/h1-8H,9-11H2,(H,23,26). The first-order chi connectivity index (χ1) is 14.0. The summed E-state index contributed by atoms with van der Waals surface area (Å²) in [5.41, 5.74) is 1.71. The van der Waals surface area contributed by atoms with Crippen molar-refractivity contribution in [1.82, 2.24) is 9.55 Å². The number of fused-ring (bicyclic) bond motifs is 1. The van der Waals surface area contributed by atoms with Gasteiger partial charge in [0.15, 0.2) is 5.16 Å². The van der Waals surface area contributed by atoms with Crippen molar-refractivity contribution < 1.29 is 9.18 Å². The van der Waals surface area contributed by atoms with E-state index >= 15 is 0 Å². The summed E-state index contributed by atoms with van der Waals surface area (Å²) in [5.74, 6) is 0.253. The van der Waals surface area contributed by atoms with Crippen LogP contribution in [-0.4, -0.2) is 27.0 Å². The van der Waals surface area contributed by atoms with Crippen LogP contribution in [0.2, 0.25) is 5.02 Å². The van der Waals surface area contributed by atoms with Gasteiger partial charge in [0.05, 0.1) is 22.0 Å². The lowest BCUT2D eigenvalue weighted by molar-refractivity contribution is -0.113. The largest absolute Gasteiger partial charge is 0.325 e. The number of hydrogen-bond acceptors (Lipinski definition) is 5. The van der Waals surface area contributed by atoms with Crippen LogP contribution in [0, 0.1) is 5.82 Å². The third kappa shape index (κ3) is 4.49. The molecule has 0 saturated heterocycles. The second kappa shape index (κ2) is 8.61. The van der Waals surface area contributed by atoms with Gasteiger partial charge in [0.25, 0.3) is 5.56 Å². The highest BCUT2D eigenvalue weighted by molar-refractivity contribution is 8.00. The zero-order valence-electron chi connectivity index (χ0n) is 15.0. The summed E-state index contributed by atoms with van der Waals surface area (Å²) in [6.07, 6.45) is 0.712. The topological polar surface area (TPSA) is 64.0 Å². The van der Waals surface area contributed by atoms with Gasteiger partial charge < -0.3 is 5.32 Å². The maximum atomic E-state index is 13.3. The Morgan fingerprint density at radius 3 is 2.66 bits per heavy atom. The summed E-state index contributed by atoms with van der Waals surface area (Å²) in [6, 6.07) is 12.5. The molecule has 1 aliphatic rings. The van der Waals surface area contributed by atoms with Crippen LogP contribution < -0.4 is 10.9 Å². The molecule has 4 rings (SSSR count). The highest BCUT2D eigenvalue weighted by atomic mass is 35.5. The normalized spacial score (nSPS) is 12.6. The van der Waals surface area contributed by atoms with Gasteiger partial charge in [0.1, 0.15) is 5.82 Å². The zero-order valence-corrected chi connectivity index (χ0v) is 17.4. The van der Waals surface area contributed by atoms with E-state index in [-0.39, 0.29) is 23.0 Å². The fraction of sp³-hybridized carbons (Fsp3) is 0.150. The minimum absolute atomic E-state index is 0.0716. The first-order valence-electron chi connectivity index (χ1n) is 8.74. The molecule has 3 aromatic rings. The second-order valence-corrected chi connectivity index (χ2v) is 8.71. The molecule has 0 spiro atoms.